The molecule has 0 saturated carbocycles. The highest BCUT2D eigenvalue weighted by molar-refractivity contribution is 5.13. The quantitative estimate of drug-likeness (QED) is 0.712. The van der Waals surface area contributed by atoms with E-state index in [1.165, 1.54) is 0 Å². The van der Waals surface area contributed by atoms with Gasteiger partial charge in [-0.15, -0.1) is 0 Å². The Kier molecular flexibility index (Phi) is 3.01. The summed E-state index contributed by atoms with van der Waals surface area (Å²) < 4.78 is 5.05. The lowest BCUT2D eigenvalue weighted by atomic mass is 10.1. The van der Waals surface area contributed by atoms with Crippen molar-refractivity contribution in [2.24, 2.45) is 5.73 Å². The Morgan fingerprint density at radius 2 is 2.29 bits per heavy atom. The van der Waals surface area contributed by atoms with Crippen molar-refractivity contribution in [3.63, 3.8) is 0 Å². The Bertz CT molecular complexity index is 284. The van der Waals surface area contributed by atoms with Crippen LogP contribution in [-0.4, -0.2) is 12.6 Å². The van der Waals surface area contributed by atoms with Gasteiger partial charge in [-0.2, -0.15) is 0 Å². The molecule has 0 saturated heterocycles. The molecule has 3 N–H and O–H groups in total. The molecule has 2 rings (SSSR count). The van der Waals surface area contributed by atoms with Crippen LogP contribution in [0.3, 0.4) is 0 Å². The van der Waals surface area contributed by atoms with E-state index < -0.39 is 0 Å². The van der Waals surface area contributed by atoms with Crippen LogP contribution in [0.4, 0.5) is 0 Å². The Morgan fingerprint density at radius 3 is 2.86 bits per heavy atom. The Balaban J connectivity index is 1.93. The van der Waals surface area contributed by atoms with Gasteiger partial charge in [0.1, 0.15) is 0 Å². The average Bonchev–Trinajstić information content (AvgIpc) is 2.86. The Morgan fingerprint density at radius 1 is 1.50 bits per heavy atom. The molecule has 14 heavy (non-hydrogen) atoms. The third kappa shape index (κ3) is 2.05. The standard InChI is InChI=1S/C11H16N2O/c12-7-11(9-5-6-14-8-9)13-10-3-1-2-4-10/h1-2,5-6,8,10-11,13H,3-4,7,12H2. The maximum absolute atomic E-state index is 5.72. The van der Waals surface area contributed by atoms with Gasteiger partial charge < -0.3 is 15.5 Å². The molecule has 1 unspecified atom stereocenters. The van der Waals surface area contributed by atoms with E-state index in [9.17, 15) is 0 Å². The summed E-state index contributed by atoms with van der Waals surface area (Å²) >= 11 is 0. The normalized spacial score (nSPS) is 18.9. The summed E-state index contributed by atoms with van der Waals surface area (Å²) in [6.07, 6.45) is 10.1. The molecule has 1 aromatic rings. The van der Waals surface area contributed by atoms with E-state index in [0.717, 1.165) is 18.4 Å². The summed E-state index contributed by atoms with van der Waals surface area (Å²) in [5, 5.41) is 3.52. The summed E-state index contributed by atoms with van der Waals surface area (Å²) in [5.74, 6) is 0. The first-order chi connectivity index (χ1) is 6.90. The number of hydrogen-bond acceptors (Lipinski definition) is 3. The molecule has 0 aliphatic heterocycles. The van der Waals surface area contributed by atoms with Gasteiger partial charge in [0.05, 0.1) is 12.5 Å². The number of furan rings is 1. The Hall–Kier alpha value is -1.06. The molecule has 0 spiro atoms. The molecule has 1 heterocycles. The molecule has 3 heteroatoms. The first kappa shape index (κ1) is 9.49. The van der Waals surface area contributed by atoms with E-state index >= 15 is 0 Å². The van der Waals surface area contributed by atoms with Crippen LogP contribution in [-0.2, 0) is 0 Å². The highest BCUT2D eigenvalue weighted by Crippen LogP contribution is 2.17. The van der Waals surface area contributed by atoms with Crippen molar-refractivity contribution in [1.82, 2.24) is 5.32 Å². The molecule has 1 atom stereocenters. The van der Waals surface area contributed by atoms with E-state index in [0.29, 0.717) is 12.6 Å². The van der Waals surface area contributed by atoms with Crippen LogP contribution < -0.4 is 11.1 Å². The van der Waals surface area contributed by atoms with Crippen molar-refractivity contribution in [2.75, 3.05) is 6.54 Å². The van der Waals surface area contributed by atoms with Crippen molar-refractivity contribution in [1.29, 1.82) is 0 Å². The monoisotopic (exact) mass is 192 g/mol. The fourth-order valence-electron chi connectivity index (χ4n) is 1.81. The predicted octanol–water partition coefficient (Wildman–Crippen LogP) is 1.59. The van der Waals surface area contributed by atoms with Crippen LogP contribution in [0.2, 0.25) is 0 Å². The average molecular weight is 192 g/mol. The molecular weight excluding hydrogens is 176 g/mol. The number of rotatable bonds is 4. The van der Waals surface area contributed by atoms with Crippen LogP contribution in [0.25, 0.3) is 0 Å². The zero-order valence-corrected chi connectivity index (χ0v) is 8.15. The smallest absolute Gasteiger partial charge is 0.0950 e. The molecule has 1 aliphatic rings. The molecule has 3 nitrogen and oxygen atoms in total. The molecule has 0 amide bonds. The second-order valence-electron chi connectivity index (χ2n) is 3.65. The molecule has 0 aromatic carbocycles. The lowest BCUT2D eigenvalue weighted by Crippen LogP contribution is -2.35. The maximum atomic E-state index is 5.72. The van der Waals surface area contributed by atoms with Crippen molar-refractivity contribution >= 4 is 0 Å². The third-order valence-corrected chi connectivity index (χ3v) is 2.63. The molecular formula is C11H16N2O. The first-order valence-electron chi connectivity index (χ1n) is 5.03. The van der Waals surface area contributed by atoms with E-state index in [1.54, 1.807) is 12.5 Å². The van der Waals surface area contributed by atoms with Crippen molar-refractivity contribution < 1.29 is 4.42 Å². The van der Waals surface area contributed by atoms with Gasteiger partial charge >= 0.3 is 0 Å². The molecule has 76 valence electrons. The van der Waals surface area contributed by atoms with Crippen LogP contribution >= 0.6 is 0 Å². The molecule has 1 aromatic heterocycles. The number of hydrogen-bond donors (Lipinski definition) is 2. The van der Waals surface area contributed by atoms with E-state index in [4.69, 9.17) is 10.2 Å². The molecule has 0 bridgehead atoms. The van der Waals surface area contributed by atoms with Crippen LogP contribution in [0, 0.1) is 0 Å². The van der Waals surface area contributed by atoms with Crippen molar-refractivity contribution in [3.05, 3.63) is 36.3 Å². The lowest BCUT2D eigenvalue weighted by Gasteiger charge is -2.20. The maximum Gasteiger partial charge on any atom is 0.0950 e. The Labute approximate surface area is 84.0 Å². The fraction of sp³-hybridized carbons (Fsp3) is 0.455. The predicted molar refractivity (Wildman–Crippen MR) is 55.8 cm³/mol. The summed E-state index contributed by atoms with van der Waals surface area (Å²) in [4.78, 5) is 0. The molecule has 0 fully saturated rings. The lowest BCUT2D eigenvalue weighted by molar-refractivity contribution is 0.448. The zero-order chi connectivity index (χ0) is 9.80. The van der Waals surface area contributed by atoms with Gasteiger partial charge in [0.25, 0.3) is 0 Å². The van der Waals surface area contributed by atoms with Crippen molar-refractivity contribution in [2.45, 2.75) is 24.9 Å². The van der Waals surface area contributed by atoms with E-state index in [1.807, 2.05) is 6.07 Å². The highest BCUT2D eigenvalue weighted by Gasteiger charge is 2.16. The summed E-state index contributed by atoms with van der Waals surface area (Å²) in [5.41, 5.74) is 6.86. The fourth-order valence-corrected chi connectivity index (χ4v) is 1.81. The minimum absolute atomic E-state index is 0.221. The van der Waals surface area contributed by atoms with E-state index in [2.05, 4.69) is 17.5 Å². The SMILES string of the molecule is NCC(NC1CC=CC1)c1ccoc1. The summed E-state index contributed by atoms with van der Waals surface area (Å²) in [6, 6.07) is 2.73. The summed E-state index contributed by atoms with van der Waals surface area (Å²) in [6.45, 7) is 0.607. The van der Waals surface area contributed by atoms with Crippen molar-refractivity contribution in [3.8, 4) is 0 Å². The van der Waals surface area contributed by atoms with E-state index in [-0.39, 0.29) is 6.04 Å². The van der Waals surface area contributed by atoms with Crippen LogP contribution in [0.5, 0.6) is 0 Å². The van der Waals surface area contributed by atoms with Gasteiger partial charge in [-0.25, -0.2) is 0 Å². The van der Waals surface area contributed by atoms with Gasteiger partial charge in [-0.05, 0) is 18.9 Å². The first-order valence-corrected chi connectivity index (χ1v) is 5.03. The zero-order valence-electron chi connectivity index (χ0n) is 8.15. The number of nitrogens with one attached hydrogen (secondary N) is 1. The van der Waals surface area contributed by atoms with Gasteiger partial charge in [0.2, 0.25) is 0 Å². The van der Waals surface area contributed by atoms with Crippen LogP contribution in [0.15, 0.2) is 35.2 Å². The van der Waals surface area contributed by atoms with Crippen LogP contribution in [0.1, 0.15) is 24.4 Å². The largest absolute Gasteiger partial charge is 0.472 e. The number of nitrogens with two attached hydrogens (primary N) is 1. The molecule has 1 aliphatic carbocycles. The third-order valence-electron chi connectivity index (χ3n) is 2.63. The second kappa shape index (κ2) is 4.44. The molecule has 0 radical (unpaired) electrons. The second-order valence-corrected chi connectivity index (χ2v) is 3.65. The van der Waals surface area contributed by atoms with Gasteiger partial charge in [-0.1, -0.05) is 12.2 Å². The van der Waals surface area contributed by atoms with Gasteiger partial charge in [-0.3, -0.25) is 0 Å². The topological polar surface area (TPSA) is 51.2 Å². The highest BCUT2D eigenvalue weighted by atomic mass is 16.3. The minimum atomic E-state index is 0.221. The summed E-state index contributed by atoms with van der Waals surface area (Å²) in [7, 11) is 0. The minimum Gasteiger partial charge on any atom is -0.472 e. The van der Waals surface area contributed by atoms with Gasteiger partial charge in [0.15, 0.2) is 0 Å². The van der Waals surface area contributed by atoms with Gasteiger partial charge in [0, 0.05) is 24.2 Å².